The van der Waals surface area contributed by atoms with Crippen LogP contribution in [0.2, 0.25) is 0 Å². The van der Waals surface area contributed by atoms with Crippen LogP contribution in [-0.2, 0) is 30.1 Å². The molecular weight excluding hydrogens is 835 g/mol. The highest BCUT2D eigenvalue weighted by Gasteiger charge is 2.53. The Labute approximate surface area is 351 Å². The number of carbonyl (C=O) groups is 4. The average molecular weight is 877 g/mol. The maximum absolute atomic E-state index is 14.3. The summed E-state index contributed by atoms with van der Waals surface area (Å²) in [6.07, 6.45) is -6.34. The summed E-state index contributed by atoms with van der Waals surface area (Å²) in [5, 5.41) is 26.4. The van der Waals surface area contributed by atoms with Crippen molar-refractivity contribution in [1.29, 1.82) is 10.5 Å². The fourth-order valence-electron chi connectivity index (χ4n) is 8.20. The fraction of sp³-hybridized carbons (Fsp3) is 0.538. The summed E-state index contributed by atoms with van der Waals surface area (Å²) in [7, 11) is 0. The number of anilines is 3. The van der Waals surface area contributed by atoms with Crippen LogP contribution in [0.5, 0.6) is 0 Å². The van der Waals surface area contributed by atoms with E-state index in [-0.39, 0.29) is 73.3 Å². The van der Waals surface area contributed by atoms with E-state index >= 15 is 0 Å². The number of ether oxygens (including phenoxy) is 1. The first-order valence-corrected chi connectivity index (χ1v) is 19.9. The van der Waals surface area contributed by atoms with E-state index in [1.54, 1.807) is 23.6 Å². The molecular formula is C39H42F6N10O5S. The van der Waals surface area contributed by atoms with Crippen LogP contribution in [0.1, 0.15) is 69.2 Å². The third-order valence-corrected chi connectivity index (χ3v) is 11.6. The van der Waals surface area contributed by atoms with E-state index in [9.17, 15) is 50.8 Å². The lowest BCUT2D eigenvalue weighted by atomic mass is 9.89. The Morgan fingerprint density at radius 2 is 1.70 bits per heavy atom. The van der Waals surface area contributed by atoms with Gasteiger partial charge in [0.05, 0.1) is 48.3 Å². The van der Waals surface area contributed by atoms with Gasteiger partial charge in [0.1, 0.15) is 23.7 Å². The van der Waals surface area contributed by atoms with E-state index in [1.807, 2.05) is 6.07 Å². The van der Waals surface area contributed by atoms with Gasteiger partial charge < -0.3 is 20.3 Å². The minimum absolute atomic E-state index is 0.0107. The molecule has 1 aliphatic carbocycles. The Morgan fingerprint density at radius 1 is 1.00 bits per heavy atom. The smallest absolute Gasteiger partial charge is 0.377 e. The minimum Gasteiger partial charge on any atom is -0.377 e. The van der Waals surface area contributed by atoms with Crippen LogP contribution in [0.25, 0.3) is 0 Å². The number of alkyl halides is 6. The van der Waals surface area contributed by atoms with Gasteiger partial charge in [0.2, 0.25) is 17.7 Å². The number of piperazine rings is 1. The van der Waals surface area contributed by atoms with Gasteiger partial charge in [-0.05, 0) is 82.4 Å². The molecule has 1 saturated carbocycles. The Balaban J connectivity index is 0.988. The van der Waals surface area contributed by atoms with Crippen LogP contribution >= 0.6 is 12.2 Å². The van der Waals surface area contributed by atoms with Crippen molar-refractivity contribution in [3.8, 4) is 12.1 Å². The molecule has 0 spiro atoms. The number of carbonyl (C=O) groups excluding carboxylic acids is 4. The standard InChI is InChI=1S/C39H42F6N10O5S/c1-37(2)35(59)54(26-16-28(38(40,41)42)30(18-47)48-19-26)36(61)55(37)25-3-5-27(6-4-25)60-12-11-52-9-10-53(31(20-52)39(43,44)45)21-33(57)50-24-14-22(17-46)13-23(15-24)49-29-7-8-32(56)51-34(29)58/h13-16,19,25,27,29,31,49H,3-12,20-21H2,1-2H3,(H,50,57)(H,51,56,58)/t25-,27-,29?,31?. The maximum atomic E-state index is 14.3. The Hall–Kier alpha value is -5.42. The van der Waals surface area contributed by atoms with Crippen LogP contribution < -0.4 is 20.9 Å². The zero-order valence-corrected chi connectivity index (χ0v) is 33.8. The van der Waals surface area contributed by atoms with Gasteiger partial charge >= 0.3 is 12.4 Å². The van der Waals surface area contributed by atoms with Gasteiger partial charge in [0.25, 0.3) is 5.91 Å². The molecule has 2 atom stereocenters. The lowest BCUT2D eigenvalue weighted by Gasteiger charge is -2.42. The first kappa shape index (κ1) is 45.1. The average Bonchev–Trinajstić information content (AvgIpc) is 3.37. The van der Waals surface area contributed by atoms with Crippen molar-refractivity contribution < 1.29 is 50.3 Å². The SMILES string of the molecule is CC1(C)C(=O)N(c2cnc(C#N)c(C(F)(F)F)c2)C(=S)N1[C@H]1CC[C@H](OCCN2CCN(CC(=O)Nc3cc(C#N)cc(NC4CCC(=O)NC4=O)c3)C(C(F)(F)F)C2)CC1. The van der Waals surface area contributed by atoms with Crippen molar-refractivity contribution in [2.75, 3.05) is 54.9 Å². The van der Waals surface area contributed by atoms with Crippen molar-refractivity contribution in [2.45, 2.75) is 94.5 Å². The molecule has 4 heterocycles. The van der Waals surface area contributed by atoms with E-state index in [4.69, 9.17) is 22.2 Å². The summed E-state index contributed by atoms with van der Waals surface area (Å²) in [5.41, 5.74) is -2.96. The van der Waals surface area contributed by atoms with E-state index in [1.165, 1.54) is 24.3 Å². The molecule has 3 saturated heterocycles. The topological polar surface area (TPSA) is 187 Å². The van der Waals surface area contributed by atoms with Gasteiger partial charge in [0.15, 0.2) is 10.8 Å². The molecule has 2 aromatic rings. The number of piperidine rings is 1. The molecule has 3 N–H and O–H groups in total. The zero-order chi connectivity index (χ0) is 44.4. The highest BCUT2D eigenvalue weighted by atomic mass is 32.1. The molecule has 4 aliphatic rings. The molecule has 3 aliphatic heterocycles. The van der Waals surface area contributed by atoms with Crippen LogP contribution in [-0.4, -0.2) is 124 Å². The van der Waals surface area contributed by atoms with E-state index < -0.39 is 78.0 Å². The number of benzene rings is 1. The molecule has 326 valence electrons. The van der Waals surface area contributed by atoms with E-state index in [0.717, 1.165) is 16.0 Å². The summed E-state index contributed by atoms with van der Waals surface area (Å²) in [6, 6.07) is 5.32. The Kier molecular flexibility index (Phi) is 13.2. The van der Waals surface area contributed by atoms with Crippen molar-refractivity contribution in [3.05, 3.63) is 47.3 Å². The molecule has 61 heavy (non-hydrogen) atoms. The van der Waals surface area contributed by atoms with Crippen LogP contribution in [0.15, 0.2) is 30.5 Å². The monoisotopic (exact) mass is 876 g/mol. The number of halogens is 6. The number of imide groups is 1. The number of nitriles is 2. The molecule has 22 heteroatoms. The number of amides is 4. The maximum Gasteiger partial charge on any atom is 0.419 e. The highest BCUT2D eigenvalue weighted by molar-refractivity contribution is 7.80. The number of aromatic nitrogens is 1. The van der Waals surface area contributed by atoms with E-state index in [2.05, 4.69) is 20.9 Å². The largest absolute Gasteiger partial charge is 0.419 e. The van der Waals surface area contributed by atoms with Gasteiger partial charge in [-0.1, -0.05) is 0 Å². The lowest BCUT2D eigenvalue weighted by molar-refractivity contribution is -0.197. The quantitative estimate of drug-likeness (QED) is 0.165. The molecule has 4 amide bonds. The van der Waals surface area contributed by atoms with Crippen LogP contribution in [0.3, 0.4) is 0 Å². The molecule has 0 radical (unpaired) electrons. The third-order valence-electron chi connectivity index (χ3n) is 11.3. The van der Waals surface area contributed by atoms with Gasteiger partial charge in [0, 0.05) is 50.0 Å². The number of pyridine rings is 1. The summed E-state index contributed by atoms with van der Waals surface area (Å²) in [5.74, 6) is -2.24. The fourth-order valence-corrected chi connectivity index (χ4v) is 8.76. The predicted molar refractivity (Wildman–Crippen MR) is 209 cm³/mol. The zero-order valence-electron chi connectivity index (χ0n) is 33.0. The first-order chi connectivity index (χ1) is 28.7. The second kappa shape index (κ2) is 17.9. The summed E-state index contributed by atoms with van der Waals surface area (Å²) >= 11 is 5.64. The number of hydrogen-bond donors (Lipinski definition) is 3. The Morgan fingerprint density at radius 3 is 2.34 bits per heavy atom. The van der Waals surface area contributed by atoms with Crippen LogP contribution in [0.4, 0.5) is 43.4 Å². The van der Waals surface area contributed by atoms with Gasteiger partial charge in [-0.15, -0.1) is 0 Å². The number of thiocarbonyl (C=S) groups is 1. The highest BCUT2D eigenvalue weighted by Crippen LogP contribution is 2.40. The lowest BCUT2D eigenvalue weighted by Crippen LogP contribution is -2.60. The summed E-state index contributed by atoms with van der Waals surface area (Å²) in [4.78, 5) is 59.4. The van der Waals surface area contributed by atoms with Gasteiger partial charge in [-0.3, -0.25) is 39.2 Å². The first-order valence-electron chi connectivity index (χ1n) is 19.4. The summed E-state index contributed by atoms with van der Waals surface area (Å²) < 4.78 is 90.2. The molecule has 1 aromatic carbocycles. The molecule has 0 bridgehead atoms. The van der Waals surface area contributed by atoms with Crippen LogP contribution in [0, 0.1) is 22.7 Å². The number of nitrogens with zero attached hydrogens (tertiary/aromatic N) is 7. The molecule has 15 nitrogen and oxygen atoms in total. The molecule has 6 rings (SSSR count). The van der Waals surface area contributed by atoms with Crippen molar-refractivity contribution in [1.82, 2.24) is 25.0 Å². The molecule has 2 unspecified atom stereocenters. The number of hydrogen-bond acceptors (Lipinski definition) is 12. The number of nitrogens with one attached hydrogen (secondary N) is 3. The van der Waals surface area contributed by atoms with E-state index in [0.29, 0.717) is 37.4 Å². The normalized spacial score (nSPS) is 24.0. The second-order valence-electron chi connectivity index (χ2n) is 15.8. The van der Waals surface area contributed by atoms with Gasteiger partial charge in [-0.25, -0.2) is 4.98 Å². The third kappa shape index (κ3) is 10.2. The predicted octanol–water partition coefficient (Wildman–Crippen LogP) is 4.29. The van der Waals surface area contributed by atoms with Crippen molar-refractivity contribution in [2.24, 2.45) is 0 Å². The molecule has 4 fully saturated rings. The number of rotatable bonds is 11. The van der Waals surface area contributed by atoms with Crippen molar-refractivity contribution in [3.63, 3.8) is 0 Å². The van der Waals surface area contributed by atoms with Gasteiger partial charge in [-0.2, -0.15) is 36.9 Å². The molecule has 1 aromatic heterocycles. The summed E-state index contributed by atoms with van der Waals surface area (Å²) in [6.45, 7) is 2.77. The Bertz CT molecular complexity index is 2150. The second-order valence-corrected chi connectivity index (χ2v) is 16.2. The van der Waals surface area contributed by atoms with Crippen molar-refractivity contribution >= 4 is 58.0 Å². The minimum atomic E-state index is -4.89.